The van der Waals surface area contributed by atoms with Gasteiger partial charge in [-0.25, -0.2) is 0 Å². The van der Waals surface area contributed by atoms with Crippen LogP contribution in [0.25, 0.3) is 0 Å². The minimum absolute atomic E-state index is 0.217. The Morgan fingerprint density at radius 3 is 3.00 bits per heavy atom. The van der Waals surface area contributed by atoms with E-state index in [0.29, 0.717) is 5.92 Å². The van der Waals surface area contributed by atoms with Crippen LogP contribution in [0.1, 0.15) is 39.4 Å². The van der Waals surface area contributed by atoms with Crippen molar-refractivity contribution in [2.45, 2.75) is 45.8 Å². The fourth-order valence-electron chi connectivity index (χ4n) is 2.15. The van der Waals surface area contributed by atoms with Crippen molar-refractivity contribution in [1.82, 2.24) is 14.8 Å². The maximum absolute atomic E-state index is 5.78. The van der Waals surface area contributed by atoms with Gasteiger partial charge in [0.1, 0.15) is 11.9 Å². The van der Waals surface area contributed by atoms with Crippen LogP contribution in [-0.2, 0) is 16.9 Å². The molecule has 84 valence electrons. The van der Waals surface area contributed by atoms with E-state index in [1.165, 1.54) is 0 Å². The van der Waals surface area contributed by atoms with E-state index in [-0.39, 0.29) is 5.60 Å². The smallest absolute Gasteiger partial charge is 0.164 e. The van der Waals surface area contributed by atoms with Crippen LogP contribution in [0.3, 0.4) is 0 Å². The predicted octanol–water partition coefficient (Wildman–Crippen LogP) is 1.96. The Balaban J connectivity index is 2.23. The SMILES string of the molecule is CC(C)Cn1cnnc1C1(C)CCCO1. The van der Waals surface area contributed by atoms with Gasteiger partial charge in [0.25, 0.3) is 0 Å². The predicted molar refractivity (Wildman–Crippen MR) is 57.4 cm³/mol. The minimum Gasteiger partial charge on any atom is -0.367 e. The van der Waals surface area contributed by atoms with Crippen molar-refractivity contribution in [3.05, 3.63) is 12.2 Å². The first-order chi connectivity index (χ1) is 7.12. The molecule has 1 atom stereocenters. The zero-order chi connectivity index (χ0) is 10.9. The molecule has 0 saturated carbocycles. The molecule has 1 aliphatic rings. The van der Waals surface area contributed by atoms with E-state index >= 15 is 0 Å². The van der Waals surface area contributed by atoms with Crippen molar-refractivity contribution >= 4 is 0 Å². The highest BCUT2D eigenvalue weighted by Gasteiger charge is 2.36. The number of nitrogens with zero attached hydrogens (tertiary/aromatic N) is 3. The highest BCUT2D eigenvalue weighted by Crippen LogP contribution is 2.34. The molecule has 1 saturated heterocycles. The van der Waals surface area contributed by atoms with Crippen LogP contribution >= 0.6 is 0 Å². The maximum Gasteiger partial charge on any atom is 0.164 e. The van der Waals surface area contributed by atoms with Gasteiger partial charge >= 0.3 is 0 Å². The Kier molecular flexibility index (Phi) is 2.78. The van der Waals surface area contributed by atoms with Crippen LogP contribution < -0.4 is 0 Å². The number of ether oxygens (including phenoxy) is 1. The second-order valence-corrected chi connectivity index (χ2v) is 4.88. The van der Waals surface area contributed by atoms with Gasteiger partial charge in [-0.05, 0) is 25.7 Å². The van der Waals surface area contributed by atoms with Gasteiger partial charge in [-0.15, -0.1) is 10.2 Å². The fourth-order valence-corrected chi connectivity index (χ4v) is 2.15. The second kappa shape index (κ2) is 3.93. The number of aromatic nitrogens is 3. The van der Waals surface area contributed by atoms with Crippen LogP contribution in [0.15, 0.2) is 6.33 Å². The fraction of sp³-hybridized carbons (Fsp3) is 0.818. The standard InChI is InChI=1S/C11H19N3O/c1-9(2)7-14-8-12-13-10(14)11(3)5-4-6-15-11/h8-9H,4-7H2,1-3H3. The van der Waals surface area contributed by atoms with E-state index in [1.807, 2.05) is 6.33 Å². The van der Waals surface area contributed by atoms with Gasteiger partial charge in [0.15, 0.2) is 5.82 Å². The minimum atomic E-state index is -0.217. The highest BCUT2D eigenvalue weighted by atomic mass is 16.5. The van der Waals surface area contributed by atoms with Crippen molar-refractivity contribution in [3.63, 3.8) is 0 Å². The summed E-state index contributed by atoms with van der Waals surface area (Å²) in [4.78, 5) is 0. The molecule has 0 bridgehead atoms. The highest BCUT2D eigenvalue weighted by molar-refractivity contribution is 5.02. The quantitative estimate of drug-likeness (QED) is 0.764. The van der Waals surface area contributed by atoms with Crippen molar-refractivity contribution in [3.8, 4) is 0 Å². The van der Waals surface area contributed by atoms with Crippen LogP contribution in [0.4, 0.5) is 0 Å². The van der Waals surface area contributed by atoms with Crippen LogP contribution in [-0.4, -0.2) is 21.4 Å². The van der Waals surface area contributed by atoms with Crippen molar-refractivity contribution < 1.29 is 4.74 Å². The molecule has 0 amide bonds. The van der Waals surface area contributed by atoms with E-state index in [2.05, 4.69) is 35.5 Å². The van der Waals surface area contributed by atoms with Gasteiger partial charge in [-0.3, -0.25) is 0 Å². The monoisotopic (exact) mass is 209 g/mol. The molecule has 0 radical (unpaired) electrons. The van der Waals surface area contributed by atoms with Crippen molar-refractivity contribution in [2.75, 3.05) is 6.61 Å². The molecule has 1 aromatic rings. The second-order valence-electron chi connectivity index (χ2n) is 4.88. The van der Waals surface area contributed by atoms with Gasteiger partial charge in [0.05, 0.1) is 0 Å². The van der Waals surface area contributed by atoms with Gasteiger partial charge < -0.3 is 9.30 Å². The summed E-state index contributed by atoms with van der Waals surface area (Å²) < 4.78 is 7.90. The summed E-state index contributed by atoms with van der Waals surface area (Å²) in [7, 11) is 0. The molecule has 0 N–H and O–H groups in total. The zero-order valence-corrected chi connectivity index (χ0v) is 9.73. The first-order valence-corrected chi connectivity index (χ1v) is 5.64. The average Bonchev–Trinajstić information content (AvgIpc) is 2.73. The summed E-state index contributed by atoms with van der Waals surface area (Å²) in [6.45, 7) is 8.30. The molecule has 2 heterocycles. The third-order valence-electron chi connectivity index (χ3n) is 2.87. The topological polar surface area (TPSA) is 39.9 Å². The molecular weight excluding hydrogens is 190 g/mol. The van der Waals surface area contributed by atoms with Crippen molar-refractivity contribution in [1.29, 1.82) is 0 Å². The molecule has 15 heavy (non-hydrogen) atoms. The molecule has 0 aromatic carbocycles. The van der Waals surface area contributed by atoms with Gasteiger partial charge in [0.2, 0.25) is 0 Å². The summed E-state index contributed by atoms with van der Waals surface area (Å²) in [5.74, 6) is 1.58. The number of hydrogen-bond donors (Lipinski definition) is 0. The van der Waals surface area contributed by atoms with E-state index in [0.717, 1.165) is 31.8 Å². The molecule has 2 rings (SSSR count). The molecule has 1 fully saturated rings. The number of rotatable bonds is 3. The van der Waals surface area contributed by atoms with Crippen LogP contribution in [0.2, 0.25) is 0 Å². The molecule has 1 aliphatic heterocycles. The third-order valence-corrected chi connectivity index (χ3v) is 2.87. The molecular formula is C11H19N3O. The Labute approximate surface area is 90.7 Å². The van der Waals surface area contributed by atoms with Gasteiger partial charge in [-0.1, -0.05) is 13.8 Å². The van der Waals surface area contributed by atoms with Gasteiger partial charge in [0, 0.05) is 13.2 Å². The normalized spacial score (nSPS) is 26.4. The van der Waals surface area contributed by atoms with E-state index in [4.69, 9.17) is 4.74 Å². The Bertz CT molecular complexity index is 326. The van der Waals surface area contributed by atoms with E-state index in [1.54, 1.807) is 0 Å². The summed E-state index contributed by atoms with van der Waals surface area (Å²) in [5, 5.41) is 8.21. The largest absolute Gasteiger partial charge is 0.367 e. The lowest BCUT2D eigenvalue weighted by Gasteiger charge is -2.23. The molecule has 1 aromatic heterocycles. The lowest BCUT2D eigenvalue weighted by molar-refractivity contribution is 0.00581. The Morgan fingerprint density at radius 2 is 2.40 bits per heavy atom. The number of hydrogen-bond acceptors (Lipinski definition) is 3. The van der Waals surface area contributed by atoms with Crippen LogP contribution in [0, 0.1) is 5.92 Å². The lowest BCUT2D eigenvalue weighted by atomic mass is 10.0. The van der Waals surface area contributed by atoms with E-state index < -0.39 is 0 Å². The lowest BCUT2D eigenvalue weighted by Crippen LogP contribution is -2.26. The first kappa shape index (κ1) is 10.6. The summed E-state index contributed by atoms with van der Waals surface area (Å²) in [5.41, 5.74) is -0.217. The van der Waals surface area contributed by atoms with Gasteiger partial charge in [-0.2, -0.15) is 0 Å². The molecule has 0 spiro atoms. The molecule has 4 nitrogen and oxygen atoms in total. The molecule has 1 unspecified atom stereocenters. The summed E-state index contributed by atoms with van der Waals surface area (Å²) >= 11 is 0. The zero-order valence-electron chi connectivity index (χ0n) is 9.73. The molecule has 4 heteroatoms. The summed E-state index contributed by atoms with van der Waals surface area (Å²) in [6, 6.07) is 0. The Morgan fingerprint density at radius 1 is 1.60 bits per heavy atom. The Hall–Kier alpha value is -0.900. The molecule has 0 aliphatic carbocycles. The first-order valence-electron chi connectivity index (χ1n) is 5.64. The maximum atomic E-state index is 5.78. The van der Waals surface area contributed by atoms with Crippen molar-refractivity contribution in [2.24, 2.45) is 5.92 Å². The average molecular weight is 209 g/mol. The summed E-state index contributed by atoms with van der Waals surface area (Å²) in [6.07, 6.45) is 3.97. The van der Waals surface area contributed by atoms with Crippen LogP contribution in [0.5, 0.6) is 0 Å². The third kappa shape index (κ3) is 2.04. The van der Waals surface area contributed by atoms with E-state index in [9.17, 15) is 0 Å².